The first-order valence-corrected chi connectivity index (χ1v) is 7.55. The summed E-state index contributed by atoms with van der Waals surface area (Å²) in [5.74, 6) is -0.219. The van der Waals surface area contributed by atoms with Gasteiger partial charge >= 0.3 is 0 Å². The summed E-state index contributed by atoms with van der Waals surface area (Å²) in [6, 6.07) is 6.86. The van der Waals surface area contributed by atoms with E-state index in [-0.39, 0.29) is 18.4 Å². The van der Waals surface area contributed by atoms with Crippen LogP contribution >= 0.6 is 0 Å². The molecular weight excluding hydrogens is 282 g/mol. The maximum absolute atomic E-state index is 11.8. The second-order valence-corrected chi connectivity index (χ2v) is 4.90. The van der Waals surface area contributed by atoms with Crippen LogP contribution in [-0.2, 0) is 9.53 Å². The van der Waals surface area contributed by atoms with E-state index >= 15 is 0 Å². The molecule has 0 spiro atoms. The van der Waals surface area contributed by atoms with Gasteiger partial charge < -0.3 is 20.7 Å². The minimum absolute atomic E-state index is 0.0902. The summed E-state index contributed by atoms with van der Waals surface area (Å²) in [6.45, 7) is 4.17. The molecule has 0 aliphatic heterocycles. The number of rotatable bonds is 10. The van der Waals surface area contributed by atoms with Gasteiger partial charge in [0.05, 0.1) is 13.2 Å². The number of carbonyl (C=O) groups excluding carboxylic acids is 2. The Bertz CT molecular complexity index is 460. The van der Waals surface area contributed by atoms with Gasteiger partial charge in [-0.3, -0.25) is 9.59 Å². The van der Waals surface area contributed by atoms with E-state index in [9.17, 15) is 9.59 Å². The van der Waals surface area contributed by atoms with Crippen molar-refractivity contribution in [3.63, 3.8) is 0 Å². The third-order valence-electron chi connectivity index (χ3n) is 3.02. The Labute approximate surface area is 131 Å². The van der Waals surface area contributed by atoms with Crippen LogP contribution in [0.1, 0.15) is 30.1 Å². The maximum Gasteiger partial charge on any atom is 0.251 e. The number of unbranched alkanes of at least 4 members (excludes halogenated alkanes) is 1. The first-order chi connectivity index (χ1) is 10.7. The number of anilines is 1. The van der Waals surface area contributed by atoms with Crippen LogP contribution in [0.15, 0.2) is 24.3 Å². The van der Waals surface area contributed by atoms with Gasteiger partial charge in [0.15, 0.2) is 0 Å². The quantitative estimate of drug-likeness (QED) is 0.571. The molecule has 1 aromatic rings. The van der Waals surface area contributed by atoms with E-state index in [4.69, 9.17) is 4.74 Å². The molecule has 0 bridgehead atoms. The highest BCUT2D eigenvalue weighted by atomic mass is 16.5. The third-order valence-corrected chi connectivity index (χ3v) is 3.02. The standard InChI is InChI=1S/C16H25N3O3/c1-3-4-9-18-16(21)13-5-7-14(8-6-13)19-15(20)12-17-10-11-22-2/h5-8,17H,3-4,9-12H2,1-2H3,(H,18,21)(H,19,20). The molecule has 0 atom stereocenters. The van der Waals surface area contributed by atoms with Crippen LogP contribution in [0, 0.1) is 0 Å². The average Bonchev–Trinajstić information content (AvgIpc) is 2.52. The molecule has 0 heterocycles. The normalized spacial score (nSPS) is 10.3. The number of nitrogens with one attached hydrogen (secondary N) is 3. The van der Waals surface area contributed by atoms with Crippen molar-refractivity contribution < 1.29 is 14.3 Å². The van der Waals surface area contributed by atoms with E-state index in [1.807, 2.05) is 0 Å². The van der Waals surface area contributed by atoms with Crippen LogP contribution in [0.2, 0.25) is 0 Å². The number of methoxy groups -OCH3 is 1. The monoisotopic (exact) mass is 307 g/mol. The minimum atomic E-state index is -0.128. The summed E-state index contributed by atoms with van der Waals surface area (Å²) in [6.07, 6.45) is 2.01. The van der Waals surface area contributed by atoms with Gasteiger partial charge in [0.1, 0.15) is 0 Å². The Balaban J connectivity index is 2.37. The van der Waals surface area contributed by atoms with Crippen LogP contribution < -0.4 is 16.0 Å². The summed E-state index contributed by atoms with van der Waals surface area (Å²) in [5.41, 5.74) is 1.26. The highest BCUT2D eigenvalue weighted by Crippen LogP contribution is 2.09. The lowest BCUT2D eigenvalue weighted by Gasteiger charge is -2.08. The van der Waals surface area contributed by atoms with Gasteiger partial charge in [-0.2, -0.15) is 0 Å². The van der Waals surface area contributed by atoms with Gasteiger partial charge in [-0.25, -0.2) is 0 Å². The lowest BCUT2D eigenvalue weighted by molar-refractivity contribution is -0.115. The zero-order valence-corrected chi connectivity index (χ0v) is 13.3. The van der Waals surface area contributed by atoms with Crippen molar-refractivity contribution in [2.75, 3.05) is 38.7 Å². The van der Waals surface area contributed by atoms with Crippen molar-refractivity contribution >= 4 is 17.5 Å². The van der Waals surface area contributed by atoms with Crippen LogP contribution in [0.4, 0.5) is 5.69 Å². The Hall–Kier alpha value is -1.92. The molecule has 1 aromatic carbocycles. The van der Waals surface area contributed by atoms with Crippen molar-refractivity contribution in [2.24, 2.45) is 0 Å². The van der Waals surface area contributed by atoms with E-state index in [1.165, 1.54) is 0 Å². The van der Waals surface area contributed by atoms with Crippen LogP contribution in [-0.4, -0.2) is 45.2 Å². The molecule has 3 N–H and O–H groups in total. The molecule has 1 rings (SSSR count). The summed E-state index contributed by atoms with van der Waals surface area (Å²) in [4.78, 5) is 23.5. The van der Waals surface area contributed by atoms with Gasteiger partial charge in [-0.1, -0.05) is 13.3 Å². The second kappa shape index (κ2) is 10.8. The average molecular weight is 307 g/mol. The Morgan fingerprint density at radius 1 is 1.14 bits per heavy atom. The zero-order chi connectivity index (χ0) is 16.2. The molecule has 22 heavy (non-hydrogen) atoms. The van der Waals surface area contributed by atoms with E-state index in [2.05, 4.69) is 22.9 Å². The highest BCUT2D eigenvalue weighted by molar-refractivity contribution is 5.96. The summed E-state index contributed by atoms with van der Waals surface area (Å²) < 4.78 is 4.88. The molecule has 0 unspecified atom stereocenters. The largest absolute Gasteiger partial charge is 0.383 e. The van der Waals surface area contributed by atoms with Crippen molar-refractivity contribution in [2.45, 2.75) is 19.8 Å². The maximum atomic E-state index is 11.8. The number of amides is 2. The third kappa shape index (κ3) is 7.19. The summed E-state index contributed by atoms with van der Waals surface area (Å²) in [7, 11) is 1.61. The molecule has 6 nitrogen and oxygen atoms in total. The van der Waals surface area contributed by atoms with Gasteiger partial charge in [0.2, 0.25) is 5.91 Å². The SMILES string of the molecule is CCCCNC(=O)c1ccc(NC(=O)CNCCOC)cc1. The lowest BCUT2D eigenvalue weighted by Crippen LogP contribution is -2.30. The van der Waals surface area contributed by atoms with E-state index in [0.717, 1.165) is 12.8 Å². The highest BCUT2D eigenvalue weighted by Gasteiger charge is 2.06. The molecule has 6 heteroatoms. The van der Waals surface area contributed by atoms with Crippen LogP contribution in [0.3, 0.4) is 0 Å². The number of hydrogen-bond donors (Lipinski definition) is 3. The Morgan fingerprint density at radius 3 is 2.50 bits per heavy atom. The molecule has 0 saturated heterocycles. The van der Waals surface area contributed by atoms with E-state index < -0.39 is 0 Å². The predicted octanol–water partition coefficient (Wildman–Crippen LogP) is 1.39. The van der Waals surface area contributed by atoms with Crippen molar-refractivity contribution in [3.8, 4) is 0 Å². The van der Waals surface area contributed by atoms with Crippen molar-refractivity contribution in [3.05, 3.63) is 29.8 Å². The van der Waals surface area contributed by atoms with Crippen molar-refractivity contribution in [1.82, 2.24) is 10.6 Å². The molecular formula is C16H25N3O3. The summed E-state index contributed by atoms with van der Waals surface area (Å²) >= 11 is 0. The number of carbonyl (C=O) groups is 2. The summed E-state index contributed by atoms with van der Waals surface area (Å²) in [5, 5.41) is 8.58. The topological polar surface area (TPSA) is 79.5 Å². The molecule has 0 aliphatic carbocycles. The minimum Gasteiger partial charge on any atom is -0.383 e. The molecule has 0 saturated carbocycles. The van der Waals surface area contributed by atoms with Gasteiger partial charge in [0, 0.05) is 31.5 Å². The van der Waals surface area contributed by atoms with Crippen LogP contribution in [0.5, 0.6) is 0 Å². The lowest BCUT2D eigenvalue weighted by atomic mass is 10.2. The molecule has 122 valence electrons. The fourth-order valence-corrected chi connectivity index (χ4v) is 1.77. The zero-order valence-electron chi connectivity index (χ0n) is 13.3. The smallest absolute Gasteiger partial charge is 0.251 e. The van der Waals surface area contributed by atoms with Crippen molar-refractivity contribution in [1.29, 1.82) is 0 Å². The van der Waals surface area contributed by atoms with Gasteiger partial charge in [-0.15, -0.1) is 0 Å². The Morgan fingerprint density at radius 2 is 1.86 bits per heavy atom. The van der Waals surface area contributed by atoms with E-state index in [1.54, 1.807) is 31.4 Å². The number of hydrogen-bond acceptors (Lipinski definition) is 4. The first kappa shape index (κ1) is 18.1. The van der Waals surface area contributed by atoms with Gasteiger partial charge in [-0.05, 0) is 30.7 Å². The first-order valence-electron chi connectivity index (χ1n) is 7.55. The van der Waals surface area contributed by atoms with Crippen LogP contribution in [0.25, 0.3) is 0 Å². The Kier molecular flexibility index (Phi) is 8.86. The molecule has 0 fully saturated rings. The molecule has 2 amide bonds. The number of benzene rings is 1. The second-order valence-electron chi connectivity index (χ2n) is 4.90. The molecule has 0 radical (unpaired) electrons. The predicted molar refractivity (Wildman–Crippen MR) is 87.1 cm³/mol. The van der Waals surface area contributed by atoms with Gasteiger partial charge in [0.25, 0.3) is 5.91 Å². The van der Waals surface area contributed by atoms with E-state index in [0.29, 0.717) is 30.9 Å². The molecule has 0 aromatic heterocycles. The molecule has 0 aliphatic rings. The number of ether oxygens (including phenoxy) is 1. The fourth-order valence-electron chi connectivity index (χ4n) is 1.77. The fraction of sp³-hybridized carbons (Fsp3) is 0.500.